The Labute approximate surface area is 721 Å². The summed E-state index contributed by atoms with van der Waals surface area (Å²) in [6.07, 6.45) is 63.7. The van der Waals surface area contributed by atoms with Crippen molar-refractivity contribution in [3.8, 4) is 0 Å². The molecule has 0 aliphatic rings. The topological polar surface area (TPSA) is 299 Å². The average Bonchev–Trinajstić information content (AvgIpc) is 0.810. The fourth-order valence-corrected chi connectivity index (χ4v) is 13.5. The minimum Gasteiger partial charge on any atom is -1.00 e. The van der Waals surface area contributed by atoms with E-state index in [-0.39, 0.29) is 150 Å². The van der Waals surface area contributed by atoms with Crippen molar-refractivity contribution in [1.29, 1.82) is 0 Å². The number of nitrogens with one attached hydrogen (secondary N) is 4. The molecular weight excluding hydrogens is 1470 g/mol. The summed E-state index contributed by atoms with van der Waals surface area (Å²) >= 11 is 0. The summed E-state index contributed by atoms with van der Waals surface area (Å²) in [5, 5.41) is 10.7. The van der Waals surface area contributed by atoms with Gasteiger partial charge in [-0.15, -0.1) is 0 Å². The molecule has 0 bridgehead atoms. The van der Waals surface area contributed by atoms with E-state index in [1.54, 1.807) is 0 Å². The van der Waals surface area contributed by atoms with Crippen LogP contribution in [0.15, 0.2) is 48.6 Å². The Bertz CT molecular complexity index is 2290. The molecule has 0 saturated carbocycles. The fourth-order valence-electron chi connectivity index (χ4n) is 12.0. The molecule has 0 radical (unpaired) electrons. The molecule has 0 aliphatic heterocycles. The van der Waals surface area contributed by atoms with Gasteiger partial charge in [-0.25, -0.2) is 9.13 Å². The van der Waals surface area contributed by atoms with E-state index in [0.29, 0.717) is 64.2 Å². The van der Waals surface area contributed by atoms with Crippen LogP contribution in [-0.4, -0.2) is 136 Å². The van der Waals surface area contributed by atoms with E-state index in [1.165, 1.54) is 103 Å². The predicted molar refractivity (Wildman–Crippen MR) is 443 cm³/mol. The third-order valence-corrected chi connectivity index (χ3v) is 20.5. The van der Waals surface area contributed by atoms with Crippen LogP contribution in [0.4, 0.5) is 0 Å². The van der Waals surface area contributed by atoms with Crippen molar-refractivity contribution < 1.29 is 147 Å². The van der Waals surface area contributed by atoms with Gasteiger partial charge >= 0.3 is 86.7 Å². The van der Waals surface area contributed by atoms with Crippen LogP contribution in [0.5, 0.6) is 0 Å². The van der Waals surface area contributed by atoms with E-state index < -0.39 is 72.4 Å². The summed E-state index contributed by atoms with van der Waals surface area (Å²) in [7, 11) is -9.49. The Hall–Kier alpha value is -2.08. The molecule has 26 heteroatoms. The third kappa shape index (κ3) is 81.5. The first-order chi connectivity index (χ1) is 52.9. The van der Waals surface area contributed by atoms with Crippen molar-refractivity contribution >= 4 is 51.2 Å². The van der Waals surface area contributed by atoms with Crippen molar-refractivity contribution in [1.82, 2.24) is 21.3 Å². The number of phosphoric ester groups is 2. The molecular formula is C85H160N4Na2O18P2. The zero-order chi connectivity index (χ0) is 80.0. The minimum absolute atomic E-state index is 0. The number of rotatable bonds is 82. The van der Waals surface area contributed by atoms with Gasteiger partial charge in [0, 0.05) is 51.6 Å². The summed E-state index contributed by atoms with van der Waals surface area (Å²) in [5.74, 6) is -2.51. The predicted octanol–water partition coefficient (Wildman–Crippen LogP) is 14.8. The maximum absolute atomic E-state index is 13.3. The Morgan fingerprint density at radius 1 is 0.324 bits per heavy atom. The Kier molecular flexibility index (Phi) is 86.0. The molecule has 22 nitrogen and oxygen atoms in total. The quantitative estimate of drug-likeness (QED) is 0.00823. The Balaban J connectivity index is -0.00000972. The van der Waals surface area contributed by atoms with Gasteiger partial charge in [-0.2, -0.15) is 0 Å². The molecule has 6 N–H and O–H groups in total. The minimum atomic E-state index is -4.74. The van der Waals surface area contributed by atoms with E-state index in [9.17, 15) is 47.7 Å². The van der Waals surface area contributed by atoms with Crippen LogP contribution in [-0.2, 0) is 74.9 Å². The average molecular weight is 1630 g/mol. The number of carbonyl (C=O) groups excluding carboxylic acids is 6. The maximum atomic E-state index is 13.3. The number of ether oxygens (including phenoxy) is 4. The first kappa shape index (κ1) is 113. The maximum Gasteiger partial charge on any atom is 1.00 e. The van der Waals surface area contributed by atoms with E-state index in [1.807, 2.05) is 0 Å². The van der Waals surface area contributed by atoms with E-state index in [4.69, 9.17) is 37.0 Å². The van der Waals surface area contributed by atoms with Gasteiger partial charge in [0.2, 0.25) is 23.6 Å². The number of hydrogen-bond donors (Lipinski definition) is 6. The molecule has 0 heterocycles. The van der Waals surface area contributed by atoms with Gasteiger partial charge in [0.15, 0.2) is 0 Å². The van der Waals surface area contributed by atoms with Crippen molar-refractivity contribution in [3.05, 3.63) is 48.6 Å². The summed E-state index contributed by atoms with van der Waals surface area (Å²) < 4.78 is 71.3. The summed E-state index contributed by atoms with van der Waals surface area (Å²) in [5.41, 5.74) is 0. The van der Waals surface area contributed by atoms with Crippen LogP contribution in [0.2, 0.25) is 0 Å². The number of unbranched alkanes of at least 4 members (excludes halogenated alkanes) is 32. The molecule has 0 rings (SSSR count). The standard InChI is InChI=1S/C85H158N4O18P2.2Na.2H/c1-7-13-19-25-29-33-35-39-41-47-53-59-80(90)88-76(72-100-67-63-78(57-51-45-23-17-11-5)106-84(94)61-55-49-43-37-31-27-21-15-9-3)74-104-108(96,97)102-69-65-86-82(92)71-83(93)87-66-70-103-109(98,99)105-75-77(89-81(91)60-54-48-42-40-36-34-30-26-20-14-8-2)73-101-68-64-79(58-52-46-24-18-12-6)107-85(95)62-56-50-44-38-32-28-22-16-10-4;;;;/h33-38,43-44,76-79H,7-32,39-42,45-75H2,1-6H3,(H,86,92)(H,87,93)(H,88,90)(H,89,91)(H,96,97)(H,98,99);;;;/q;2*+1;2*-1/b35-33-,36-34-,43-37-,44-38-;;;;/t76?,77?,78-,79-;;;;/m1..../s1. The molecule has 0 aromatic carbocycles. The number of amides is 4. The van der Waals surface area contributed by atoms with Crippen LogP contribution in [0.1, 0.15) is 372 Å². The fraction of sp³-hybridized carbons (Fsp3) is 0.835. The van der Waals surface area contributed by atoms with Crippen molar-refractivity contribution in [3.63, 3.8) is 0 Å². The molecule has 0 aromatic heterocycles. The second-order valence-electron chi connectivity index (χ2n) is 29.2. The van der Waals surface area contributed by atoms with Crippen molar-refractivity contribution in [2.75, 3.05) is 65.9 Å². The molecule has 0 saturated heterocycles. The first-order valence-corrected chi connectivity index (χ1v) is 46.4. The van der Waals surface area contributed by atoms with Crippen LogP contribution in [0, 0.1) is 0 Å². The normalized spacial score (nSPS) is 13.8. The van der Waals surface area contributed by atoms with E-state index in [0.717, 1.165) is 141 Å². The van der Waals surface area contributed by atoms with Crippen LogP contribution >= 0.6 is 15.6 Å². The molecule has 4 amide bonds. The monoisotopic (exact) mass is 1630 g/mol. The van der Waals surface area contributed by atoms with E-state index >= 15 is 0 Å². The van der Waals surface area contributed by atoms with Gasteiger partial charge < -0.3 is 52.9 Å². The van der Waals surface area contributed by atoms with Gasteiger partial charge in [0.05, 0.1) is 64.9 Å². The molecule has 640 valence electrons. The Morgan fingerprint density at radius 3 is 0.910 bits per heavy atom. The summed E-state index contributed by atoms with van der Waals surface area (Å²) in [4.78, 5) is 99.4. The van der Waals surface area contributed by atoms with Crippen molar-refractivity contribution in [2.45, 2.75) is 393 Å². The number of allylic oxidation sites excluding steroid dienone is 8. The van der Waals surface area contributed by atoms with Gasteiger partial charge in [-0.05, 0) is 141 Å². The number of esters is 2. The van der Waals surface area contributed by atoms with Crippen LogP contribution < -0.4 is 80.4 Å². The largest absolute Gasteiger partial charge is 1.00 e. The first-order valence-electron chi connectivity index (χ1n) is 43.4. The van der Waals surface area contributed by atoms with Gasteiger partial charge in [-0.1, -0.05) is 231 Å². The second kappa shape index (κ2) is 84.4. The van der Waals surface area contributed by atoms with Crippen LogP contribution in [0.25, 0.3) is 0 Å². The smallest absolute Gasteiger partial charge is 1.00 e. The number of carbonyl (C=O) groups is 6. The zero-order valence-corrected chi connectivity index (χ0v) is 77.2. The van der Waals surface area contributed by atoms with Crippen LogP contribution in [0.3, 0.4) is 0 Å². The zero-order valence-electron chi connectivity index (χ0n) is 73.4. The SMILES string of the molecule is CCCCCC/C=C\CCCCCC(=O)NC(COCC[C@@H](CCCCCCC)OC(=O)CCC/C=C\CCCCCC)COP(=O)(O)OCCNC(=O)CC(=O)NCCOP(=O)(O)OCC(COCC[C@@H](CCCCCCC)OC(=O)CCC/C=C\CCCCCC)NC(=O)CCCCC/C=C\CCCCCC.[H-].[H-].[Na+].[Na+]. The molecule has 4 unspecified atom stereocenters. The third-order valence-electron chi connectivity index (χ3n) is 18.6. The van der Waals surface area contributed by atoms with Gasteiger partial charge in [0.1, 0.15) is 18.6 Å². The molecule has 0 aliphatic carbocycles. The molecule has 111 heavy (non-hydrogen) atoms. The summed E-state index contributed by atoms with van der Waals surface area (Å²) in [6, 6.07) is -1.68. The molecule has 6 atom stereocenters. The number of hydrogen-bond acceptors (Lipinski definition) is 16. The molecule has 0 fully saturated rings. The van der Waals surface area contributed by atoms with E-state index in [2.05, 4.69) is 111 Å². The molecule has 0 aromatic rings. The Morgan fingerprint density at radius 2 is 0.604 bits per heavy atom. The second-order valence-corrected chi connectivity index (χ2v) is 32.1. The van der Waals surface area contributed by atoms with Gasteiger partial charge in [0.25, 0.3) is 0 Å². The summed E-state index contributed by atoms with van der Waals surface area (Å²) in [6.45, 7) is 11.0. The van der Waals surface area contributed by atoms with Crippen molar-refractivity contribution in [2.24, 2.45) is 0 Å². The number of phosphoric acid groups is 2. The molecule has 0 spiro atoms. The van der Waals surface area contributed by atoms with Gasteiger partial charge in [-0.3, -0.25) is 46.9 Å².